The van der Waals surface area contributed by atoms with Crippen molar-refractivity contribution in [3.63, 3.8) is 0 Å². The first-order valence-corrected chi connectivity index (χ1v) is 5.93. The maximum atomic E-state index is 11.3. The van der Waals surface area contributed by atoms with Crippen LogP contribution >= 0.6 is 22.9 Å². The van der Waals surface area contributed by atoms with Crippen molar-refractivity contribution >= 4 is 34.0 Å². The molecule has 0 amide bonds. The van der Waals surface area contributed by atoms with Crippen molar-refractivity contribution < 1.29 is 9.53 Å². The number of unbranched alkanes of at least 4 members (excludes halogenated alkanes) is 1. The van der Waals surface area contributed by atoms with Gasteiger partial charge in [-0.3, -0.25) is 0 Å². The molecule has 0 saturated carbocycles. The minimum atomic E-state index is -0.427. The lowest BCUT2D eigenvalue weighted by Crippen LogP contribution is -2.05. The Morgan fingerprint density at radius 2 is 2.33 bits per heavy atom. The number of hydrogen-bond donors (Lipinski definition) is 1. The van der Waals surface area contributed by atoms with Gasteiger partial charge >= 0.3 is 5.97 Å². The molecule has 84 valence electrons. The van der Waals surface area contributed by atoms with Gasteiger partial charge in [-0.2, -0.15) is 0 Å². The molecule has 1 aromatic rings. The van der Waals surface area contributed by atoms with E-state index in [0.717, 1.165) is 24.1 Å². The predicted octanol–water partition coefficient (Wildman–Crippen LogP) is 2.07. The summed E-state index contributed by atoms with van der Waals surface area (Å²) in [5, 5.41) is 0.399. The van der Waals surface area contributed by atoms with Crippen LogP contribution in [0.25, 0.3) is 0 Å². The van der Waals surface area contributed by atoms with Crippen LogP contribution in [-0.4, -0.2) is 23.9 Å². The van der Waals surface area contributed by atoms with Crippen molar-refractivity contribution in [3.05, 3.63) is 10.6 Å². The summed E-state index contributed by atoms with van der Waals surface area (Å²) in [5.74, 6) is 0.200. The Morgan fingerprint density at radius 3 is 2.93 bits per heavy atom. The normalized spacial score (nSPS) is 10.3. The summed E-state index contributed by atoms with van der Waals surface area (Å²) in [6, 6.07) is 0. The standard InChI is InChI=1S/C9H13ClN2O2S/c1-14-8(13)7-6(4-2-3-5-10)15-9(11)12-7/h2-5H2,1H3,(H2,11,12). The molecule has 0 atom stereocenters. The van der Waals surface area contributed by atoms with E-state index in [1.54, 1.807) is 0 Å². The third kappa shape index (κ3) is 3.35. The van der Waals surface area contributed by atoms with Gasteiger partial charge in [-0.25, -0.2) is 9.78 Å². The van der Waals surface area contributed by atoms with Gasteiger partial charge < -0.3 is 10.5 Å². The fourth-order valence-electron chi connectivity index (χ4n) is 1.18. The highest BCUT2D eigenvalue weighted by molar-refractivity contribution is 7.15. The highest BCUT2D eigenvalue weighted by Crippen LogP contribution is 2.23. The van der Waals surface area contributed by atoms with Crippen molar-refractivity contribution in [1.29, 1.82) is 0 Å². The number of thiazole rings is 1. The number of nitrogens with zero attached hydrogens (tertiary/aromatic N) is 1. The summed E-state index contributed by atoms with van der Waals surface area (Å²) < 4.78 is 4.62. The molecule has 1 heterocycles. The van der Waals surface area contributed by atoms with Crippen LogP contribution in [0.2, 0.25) is 0 Å². The minimum absolute atomic E-state index is 0.342. The number of hydrogen-bond acceptors (Lipinski definition) is 5. The average Bonchev–Trinajstić information content (AvgIpc) is 2.59. The lowest BCUT2D eigenvalue weighted by molar-refractivity contribution is 0.0594. The first-order valence-electron chi connectivity index (χ1n) is 4.58. The summed E-state index contributed by atoms with van der Waals surface area (Å²) in [6.45, 7) is 0. The van der Waals surface area contributed by atoms with E-state index in [4.69, 9.17) is 17.3 Å². The van der Waals surface area contributed by atoms with E-state index in [1.807, 2.05) is 0 Å². The van der Waals surface area contributed by atoms with Gasteiger partial charge in [-0.15, -0.1) is 22.9 Å². The summed E-state index contributed by atoms with van der Waals surface area (Å²) in [7, 11) is 1.33. The molecule has 1 aromatic heterocycles. The van der Waals surface area contributed by atoms with E-state index in [2.05, 4.69) is 9.72 Å². The van der Waals surface area contributed by atoms with Gasteiger partial charge in [0.1, 0.15) is 0 Å². The Labute approximate surface area is 97.4 Å². The van der Waals surface area contributed by atoms with Crippen molar-refractivity contribution in [2.45, 2.75) is 19.3 Å². The van der Waals surface area contributed by atoms with Gasteiger partial charge in [0.05, 0.1) is 7.11 Å². The number of alkyl halides is 1. The third-order valence-corrected chi connectivity index (χ3v) is 3.09. The van der Waals surface area contributed by atoms with Crippen LogP contribution < -0.4 is 5.73 Å². The van der Waals surface area contributed by atoms with E-state index in [-0.39, 0.29) is 0 Å². The predicted molar refractivity (Wildman–Crippen MR) is 61.5 cm³/mol. The van der Waals surface area contributed by atoms with Gasteiger partial charge in [-0.05, 0) is 19.3 Å². The van der Waals surface area contributed by atoms with E-state index < -0.39 is 5.97 Å². The topological polar surface area (TPSA) is 65.2 Å². The van der Waals surface area contributed by atoms with E-state index in [1.165, 1.54) is 18.4 Å². The van der Waals surface area contributed by atoms with Crippen LogP contribution in [-0.2, 0) is 11.2 Å². The molecule has 0 aliphatic rings. The largest absolute Gasteiger partial charge is 0.464 e. The summed E-state index contributed by atoms with van der Waals surface area (Å²) in [5.41, 5.74) is 5.89. The van der Waals surface area contributed by atoms with E-state index >= 15 is 0 Å². The van der Waals surface area contributed by atoms with Gasteiger partial charge in [0.2, 0.25) is 0 Å². The lowest BCUT2D eigenvalue weighted by Gasteiger charge is -1.99. The number of carbonyl (C=O) groups excluding carboxylic acids is 1. The molecule has 0 aromatic carbocycles. The summed E-state index contributed by atoms with van der Waals surface area (Å²) >= 11 is 6.91. The smallest absolute Gasteiger partial charge is 0.357 e. The zero-order valence-electron chi connectivity index (χ0n) is 8.46. The summed E-state index contributed by atoms with van der Waals surface area (Å²) in [4.78, 5) is 16.1. The second kappa shape index (κ2) is 5.92. The Balaban J connectivity index is 2.72. The zero-order chi connectivity index (χ0) is 11.3. The number of rotatable bonds is 5. The van der Waals surface area contributed by atoms with Crippen LogP contribution in [0.4, 0.5) is 5.13 Å². The SMILES string of the molecule is COC(=O)c1nc(N)sc1CCCCCl. The Morgan fingerprint density at radius 1 is 1.60 bits per heavy atom. The van der Waals surface area contributed by atoms with Gasteiger partial charge in [0.25, 0.3) is 0 Å². The van der Waals surface area contributed by atoms with Gasteiger partial charge in [0.15, 0.2) is 10.8 Å². The quantitative estimate of drug-likeness (QED) is 0.492. The molecule has 0 unspecified atom stereocenters. The number of carbonyl (C=O) groups is 1. The maximum Gasteiger partial charge on any atom is 0.357 e. The number of aromatic nitrogens is 1. The molecule has 0 fully saturated rings. The Bertz CT molecular complexity index is 341. The first-order chi connectivity index (χ1) is 7.19. The van der Waals surface area contributed by atoms with E-state index in [9.17, 15) is 4.79 Å². The number of methoxy groups -OCH3 is 1. The van der Waals surface area contributed by atoms with E-state index in [0.29, 0.717) is 16.7 Å². The van der Waals surface area contributed by atoms with Gasteiger partial charge in [-0.1, -0.05) is 0 Å². The molecule has 1 rings (SSSR count). The molecule has 0 aliphatic carbocycles. The second-order valence-corrected chi connectivity index (χ2v) is 4.45. The molecular formula is C9H13ClN2O2S. The number of anilines is 1. The zero-order valence-corrected chi connectivity index (χ0v) is 10.0. The molecule has 0 bridgehead atoms. The molecule has 6 heteroatoms. The van der Waals surface area contributed by atoms with Crippen molar-refractivity contribution in [2.24, 2.45) is 0 Å². The van der Waals surface area contributed by atoms with Crippen molar-refractivity contribution in [1.82, 2.24) is 4.98 Å². The highest BCUT2D eigenvalue weighted by atomic mass is 35.5. The van der Waals surface area contributed by atoms with Crippen LogP contribution in [0.15, 0.2) is 0 Å². The Kier molecular flexibility index (Phi) is 4.84. The first kappa shape index (κ1) is 12.3. The third-order valence-electron chi connectivity index (χ3n) is 1.88. The van der Waals surface area contributed by atoms with Crippen LogP contribution in [0.3, 0.4) is 0 Å². The monoisotopic (exact) mass is 248 g/mol. The average molecular weight is 249 g/mol. The van der Waals surface area contributed by atoms with Crippen LogP contribution in [0.5, 0.6) is 0 Å². The molecule has 0 aliphatic heterocycles. The minimum Gasteiger partial charge on any atom is -0.464 e. The molecule has 0 saturated heterocycles. The molecule has 2 N–H and O–H groups in total. The summed E-state index contributed by atoms with van der Waals surface area (Å²) in [6.07, 6.45) is 2.61. The second-order valence-electron chi connectivity index (χ2n) is 2.96. The number of ether oxygens (including phenoxy) is 1. The number of nitrogens with two attached hydrogens (primary N) is 1. The number of nitrogen functional groups attached to an aromatic ring is 1. The van der Waals surface area contributed by atoms with Crippen LogP contribution in [0.1, 0.15) is 28.2 Å². The highest BCUT2D eigenvalue weighted by Gasteiger charge is 2.17. The lowest BCUT2D eigenvalue weighted by atomic mass is 10.2. The van der Waals surface area contributed by atoms with Crippen LogP contribution in [0, 0.1) is 0 Å². The van der Waals surface area contributed by atoms with Crippen molar-refractivity contribution in [3.8, 4) is 0 Å². The van der Waals surface area contributed by atoms with Gasteiger partial charge in [0, 0.05) is 10.8 Å². The molecule has 0 spiro atoms. The maximum absolute atomic E-state index is 11.3. The van der Waals surface area contributed by atoms with Crippen molar-refractivity contribution in [2.75, 3.05) is 18.7 Å². The Hall–Kier alpha value is -0.810. The fourth-order valence-corrected chi connectivity index (χ4v) is 2.23. The number of esters is 1. The molecular weight excluding hydrogens is 236 g/mol. The molecule has 0 radical (unpaired) electrons. The number of aryl methyl sites for hydroxylation is 1. The molecule has 15 heavy (non-hydrogen) atoms. The fraction of sp³-hybridized carbons (Fsp3) is 0.556. The number of halogens is 1. The molecule has 4 nitrogen and oxygen atoms in total.